The minimum Gasteiger partial charge on any atom is -0.490 e. The fourth-order valence-electron chi connectivity index (χ4n) is 2.20. The highest BCUT2D eigenvalue weighted by molar-refractivity contribution is 6.33. The summed E-state index contributed by atoms with van der Waals surface area (Å²) in [6.45, 7) is 4.65. The number of nitro benzene ring substituents is 1. The lowest BCUT2D eigenvalue weighted by atomic mass is 10.2. The Morgan fingerprint density at radius 2 is 1.85 bits per heavy atom. The molecule has 0 saturated carbocycles. The second-order valence-electron chi connectivity index (χ2n) is 5.57. The number of amides is 1. The summed E-state index contributed by atoms with van der Waals surface area (Å²) in [5, 5.41) is 14.0. The van der Waals surface area contributed by atoms with Crippen molar-refractivity contribution in [3.8, 4) is 11.5 Å². The van der Waals surface area contributed by atoms with Crippen LogP contribution in [0.1, 0.15) is 37.0 Å². The summed E-state index contributed by atoms with van der Waals surface area (Å²) in [6.07, 6.45) is 2.92. The van der Waals surface area contributed by atoms with E-state index in [-0.39, 0.29) is 27.8 Å². The molecule has 1 heterocycles. The van der Waals surface area contributed by atoms with E-state index in [0.29, 0.717) is 19.0 Å². The van der Waals surface area contributed by atoms with Gasteiger partial charge in [0.15, 0.2) is 11.5 Å². The number of anilines is 1. The van der Waals surface area contributed by atoms with Crippen LogP contribution in [0.15, 0.2) is 30.5 Å². The molecule has 1 aromatic heterocycles. The third-order valence-electron chi connectivity index (χ3n) is 3.43. The van der Waals surface area contributed by atoms with Gasteiger partial charge in [-0.25, -0.2) is 4.98 Å². The number of halogens is 1. The van der Waals surface area contributed by atoms with Gasteiger partial charge in [-0.15, -0.1) is 0 Å². The Morgan fingerprint density at radius 1 is 1.22 bits per heavy atom. The van der Waals surface area contributed by atoms with Crippen LogP contribution in [0, 0.1) is 10.1 Å². The number of aromatic nitrogens is 1. The molecule has 9 heteroatoms. The molecule has 2 aromatic rings. The van der Waals surface area contributed by atoms with E-state index in [1.807, 2.05) is 13.8 Å². The van der Waals surface area contributed by atoms with Crippen LogP contribution >= 0.6 is 11.6 Å². The fourth-order valence-corrected chi connectivity index (χ4v) is 2.40. The molecule has 144 valence electrons. The van der Waals surface area contributed by atoms with E-state index < -0.39 is 10.8 Å². The number of hydrogen-bond acceptors (Lipinski definition) is 6. The molecule has 27 heavy (non-hydrogen) atoms. The van der Waals surface area contributed by atoms with Crippen LogP contribution in [0.25, 0.3) is 0 Å². The van der Waals surface area contributed by atoms with Crippen molar-refractivity contribution in [2.45, 2.75) is 26.7 Å². The molecule has 0 spiro atoms. The topological polar surface area (TPSA) is 104 Å². The molecular weight excluding hydrogens is 374 g/mol. The van der Waals surface area contributed by atoms with E-state index in [9.17, 15) is 14.9 Å². The van der Waals surface area contributed by atoms with Gasteiger partial charge >= 0.3 is 0 Å². The lowest BCUT2D eigenvalue weighted by Gasteiger charge is -2.14. The lowest BCUT2D eigenvalue weighted by molar-refractivity contribution is -0.384. The number of rotatable bonds is 9. The monoisotopic (exact) mass is 393 g/mol. The molecule has 0 unspecified atom stereocenters. The molecule has 0 fully saturated rings. The molecule has 1 N–H and O–H groups in total. The van der Waals surface area contributed by atoms with Gasteiger partial charge in [0.2, 0.25) is 0 Å². The second kappa shape index (κ2) is 9.72. The highest BCUT2D eigenvalue weighted by Gasteiger charge is 2.23. The third kappa shape index (κ3) is 5.30. The van der Waals surface area contributed by atoms with Gasteiger partial charge in [-0.05, 0) is 25.0 Å². The van der Waals surface area contributed by atoms with E-state index in [1.165, 1.54) is 24.4 Å². The van der Waals surface area contributed by atoms with Gasteiger partial charge in [-0.1, -0.05) is 25.4 Å². The highest BCUT2D eigenvalue weighted by atomic mass is 35.5. The van der Waals surface area contributed by atoms with Crippen molar-refractivity contribution in [2.75, 3.05) is 18.5 Å². The zero-order valence-corrected chi connectivity index (χ0v) is 15.8. The van der Waals surface area contributed by atoms with Crippen molar-refractivity contribution in [2.24, 2.45) is 0 Å². The largest absolute Gasteiger partial charge is 0.490 e. The molecule has 0 aliphatic carbocycles. The van der Waals surface area contributed by atoms with Crippen LogP contribution in [0.2, 0.25) is 5.15 Å². The molecule has 1 amide bonds. The predicted octanol–water partition coefficient (Wildman–Crippen LogP) is 4.47. The Hall–Kier alpha value is -2.87. The van der Waals surface area contributed by atoms with E-state index >= 15 is 0 Å². The zero-order chi connectivity index (χ0) is 19.8. The van der Waals surface area contributed by atoms with Crippen molar-refractivity contribution in [3.05, 3.63) is 51.3 Å². The summed E-state index contributed by atoms with van der Waals surface area (Å²) >= 11 is 5.92. The Labute approximate surface area is 161 Å². The van der Waals surface area contributed by atoms with Gasteiger partial charge in [0, 0.05) is 12.3 Å². The van der Waals surface area contributed by atoms with Crippen molar-refractivity contribution in [1.82, 2.24) is 4.98 Å². The number of nitro groups is 1. The van der Waals surface area contributed by atoms with Crippen LogP contribution in [-0.2, 0) is 0 Å². The summed E-state index contributed by atoms with van der Waals surface area (Å²) in [5.41, 5.74) is -0.214. The van der Waals surface area contributed by atoms with E-state index in [2.05, 4.69) is 10.3 Å². The lowest BCUT2D eigenvalue weighted by Crippen LogP contribution is -2.14. The number of carbonyl (C=O) groups is 1. The summed E-state index contributed by atoms with van der Waals surface area (Å²) in [5.74, 6) is -0.0299. The Kier molecular flexibility index (Phi) is 7.36. The van der Waals surface area contributed by atoms with E-state index in [0.717, 1.165) is 12.8 Å². The molecule has 1 aromatic carbocycles. The van der Waals surface area contributed by atoms with Crippen LogP contribution in [0.3, 0.4) is 0 Å². The van der Waals surface area contributed by atoms with Gasteiger partial charge in [-0.3, -0.25) is 14.9 Å². The first kappa shape index (κ1) is 20.4. The van der Waals surface area contributed by atoms with E-state index in [4.69, 9.17) is 21.1 Å². The van der Waals surface area contributed by atoms with Crippen LogP contribution in [-0.4, -0.2) is 29.0 Å². The maximum Gasteiger partial charge on any atom is 0.296 e. The van der Waals surface area contributed by atoms with Gasteiger partial charge in [0.05, 0.1) is 29.8 Å². The van der Waals surface area contributed by atoms with Crippen LogP contribution in [0.4, 0.5) is 11.4 Å². The second-order valence-corrected chi connectivity index (χ2v) is 5.92. The maximum absolute atomic E-state index is 12.5. The number of benzene rings is 1. The molecule has 0 aliphatic rings. The molecule has 0 aliphatic heterocycles. The number of nitrogens with zero attached hydrogens (tertiary/aromatic N) is 2. The molecule has 8 nitrogen and oxygen atoms in total. The molecule has 0 atom stereocenters. The Morgan fingerprint density at radius 3 is 2.41 bits per heavy atom. The standard InChI is InChI=1S/C18H20ClN3O5/c1-3-8-26-15-10-13(14(22(24)25)11-16(15)27-9-4-2)21-18(23)12-6-5-7-20-17(12)19/h5-7,10-11H,3-4,8-9H2,1-2H3,(H,21,23). The SMILES string of the molecule is CCCOc1cc(NC(=O)c2cccnc2Cl)c([N+](=O)[O-])cc1OCCC. The first-order valence-corrected chi connectivity index (χ1v) is 8.85. The number of ether oxygens (including phenoxy) is 2. The fraction of sp³-hybridized carbons (Fsp3) is 0.333. The van der Waals surface area contributed by atoms with Crippen molar-refractivity contribution in [3.63, 3.8) is 0 Å². The van der Waals surface area contributed by atoms with Gasteiger partial charge < -0.3 is 14.8 Å². The van der Waals surface area contributed by atoms with Gasteiger partial charge in [0.25, 0.3) is 11.6 Å². The number of hydrogen-bond donors (Lipinski definition) is 1. The average Bonchev–Trinajstić information content (AvgIpc) is 2.65. The van der Waals surface area contributed by atoms with Gasteiger partial charge in [0.1, 0.15) is 10.8 Å². The molecular formula is C18H20ClN3O5. The van der Waals surface area contributed by atoms with Crippen molar-refractivity contribution >= 4 is 28.9 Å². The highest BCUT2D eigenvalue weighted by Crippen LogP contribution is 2.38. The Balaban J connectivity index is 2.42. The maximum atomic E-state index is 12.5. The van der Waals surface area contributed by atoms with Crippen molar-refractivity contribution in [1.29, 1.82) is 0 Å². The normalized spacial score (nSPS) is 10.3. The van der Waals surface area contributed by atoms with Crippen LogP contribution in [0.5, 0.6) is 11.5 Å². The number of carbonyl (C=O) groups excluding carboxylic acids is 1. The zero-order valence-electron chi connectivity index (χ0n) is 15.0. The number of pyridine rings is 1. The first-order valence-electron chi connectivity index (χ1n) is 8.47. The quantitative estimate of drug-likeness (QED) is 0.383. The van der Waals surface area contributed by atoms with Crippen molar-refractivity contribution < 1.29 is 19.2 Å². The third-order valence-corrected chi connectivity index (χ3v) is 3.74. The summed E-state index contributed by atoms with van der Waals surface area (Å²) in [4.78, 5) is 27.2. The minimum atomic E-state index is -0.611. The summed E-state index contributed by atoms with van der Waals surface area (Å²) < 4.78 is 11.2. The Bertz CT molecular complexity index is 829. The molecule has 2 rings (SSSR count). The average molecular weight is 394 g/mol. The summed E-state index contributed by atoms with van der Waals surface area (Å²) in [6, 6.07) is 5.67. The number of nitrogens with one attached hydrogen (secondary N) is 1. The summed E-state index contributed by atoms with van der Waals surface area (Å²) in [7, 11) is 0. The van der Waals surface area contributed by atoms with E-state index in [1.54, 1.807) is 6.07 Å². The smallest absolute Gasteiger partial charge is 0.296 e. The van der Waals surface area contributed by atoms with Gasteiger partial charge in [-0.2, -0.15) is 0 Å². The minimum absolute atomic E-state index is 0.00279. The predicted molar refractivity (Wildman–Crippen MR) is 102 cm³/mol. The molecule has 0 bridgehead atoms. The molecule has 0 radical (unpaired) electrons. The first-order chi connectivity index (χ1) is 13.0. The molecule has 0 saturated heterocycles. The van der Waals surface area contributed by atoms with Crippen LogP contribution < -0.4 is 14.8 Å².